The van der Waals surface area contributed by atoms with Crippen molar-refractivity contribution in [2.24, 2.45) is 0 Å². The zero-order valence-corrected chi connectivity index (χ0v) is 6.84. The fourth-order valence-electron chi connectivity index (χ4n) is 0.987. The monoisotopic (exact) mass is 179 g/mol. The van der Waals surface area contributed by atoms with Crippen molar-refractivity contribution in [1.82, 2.24) is 0 Å². The lowest BCUT2D eigenvalue weighted by Gasteiger charge is -2.02. The van der Waals surface area contributed by atoms with Gasteiger partial charge in [-0.1, -0.05) is 0 Å². The molecule has 0 fully saturated rings. The Morgan fingerprint density at radius 3 is 2.69 bits per heavy atom. The third-order valence-electron chi connectivity index (χ3n) is 1.59. The Hall–Kier alpha value is -1.89. The van der Waals surface area contributed by atoms with Crippen LogP contribution in [0, 0.1) is 17.1 Å². The second-order valence-corrected chi connectivity index (χ2v) is 2.49. The standard InChI is InChI=1S/C9H6FNO2/c1-5(12)8-7(13)3-2-6(4-11)9(8)10/h2-3,13H,1H3. The average Bonchev–Trinajstić information content (AvgIpc) is 2.04. The Bertz CT molecular complexity index is 407. The summed E-state index contributed by atoms with van der Waals surface area (Å²) in [7, 11) is 0. The minimum Gasteiger partial charge on any atom is -0.507 e. The number of hydrogen-bond acceptors (Lipinski definition) is 3. The molecule has 0 saturated carbocycles. The molecule has 0 heterocycles. The molecule has 1 rings (SSSR count). The number of halogens is 1. The van der Waals surface area contributed by atoms with Crippen LogP contribution < -0.4 is 0 Å². The average molecular weight is 179 g/mol. The molecule has 0 atom stereocenters. The number of Topliss-reactive ketones (excluding diaryl/α,β-unsaturated/α-hetero) is 1. The summed E-state index contributed by atoms with van der Waals surface area (Å²) in [5.74, 6) is -2.01. The fourth-order valence-corrected chi connectivity index (χ4v) is 0.987. The highest BCUT2D eigenvalue weighted by Gasteiger charge is 2.16. The maximum Gasteiger partial charge on any atom is 0.166 e. The third kappa shape index (κ3) is 1.49. The topological polar surface area (TPSA) is 61.1 Å². The largest absolute Gasteiger partial charge is 0.507 e. The van der Waals surface area contributed by atoms with E-state index in [-0.39, 0.29) is 5.56 Å². The van der Waals surface area contributed by atoms with E-state index >= 15 is 0 Å². The van der Waals surface area contributed by atoms with Gasteiger partial charge in [0.05, 0.1) is 11.1 Å². The zero-order chi connectivity index (χ0) is 10.0. The molecule has 0 amide bonds. The first kappa shape index (κ1) is 9.20. The highest BCUT2D eigenvalue weighted by Crippen LogP contribution is 2.23. The summed E-state index contributed by atoms with van der Waals surface area (Å²) in [6.45, 7) is 1.12. The number of aromatic hydroxyl groups is 1. The van der Waals surface area contributed by atoms with Crippen molar-refractivity contribution in [1.29, 1.82) is 5.26 Å². The van der Waals surface area contributed by atoms with Gasteiger partial charge >= 0.3 is 0 Å². The number of phenolic OH excluding ortho intramolecular Hbond substituents is 1. The quantitative estimate of drug-likeness (QED) is 0.666. The number of carbonyl (C=O) groups is 1. The second-order valence-electron chi connectivity index (χ2n) is 2.49. The van der Waals surface area contributed by atoms with E-state index in [1.54, 1.807) is 6.07 Å². The molecule has 0 saturated heterocycles. The van der Waals surface area contributed by atoms with E-state index in [0.717, 1.165) is 19.1 Å². The van der Waals surface area contributed by atoms with E-state index < -0.39 is 22.9 Å². The van der Waals surface area contributed by atoms with Crippen LogP contribution >= 0.6 is 0 Å². The van der Waals surface area contributed by atoms with Crippen molar-refractivity contribution in [2.75, 3.05) is 0 Å². The fraction of sp³-hybridized carbons (Fsp3) is 0.111. The van der Waals surface area contributed by atoms with Gasteiger partial charge in [-0.2, -0.15) is 5.26 Å². The van der Waals surface area contributed by atoms with Gasteiger partial charge in [-0.3, -0.25) is 4.79 Å². The van der Waals surface area contributed by atoms with Gasteiger partial charge in [0.1, 0.15) is 11.8 Å². The number of ketones is 1. The molecule has 0 unspecified atom stereocenters. The van der Waals surface area contributed by atoms with Crippen molar-refractivity contribution in [3.05, 3.63) is 29.1 Å². The molecule has 0 radical (unpaired) electrons. The summed E-state index contributed by atoms with van der Waals surface area (Å²) < 4.78 is 13.2. The molecule has 1 aromatic carbocycles. The number of benzene rings is 1. The van der Waals surface area contributed by atoms with Crippen LogP contribution in [0.15, 0.2) is 12.1 Å². The number of rotatable bonds is 1. The minimum atomic E-state index is -0.963. The van der Waals surface area contributed by atoms with Crippen LogP contribution in [0.25, 0.3) is 0 Å². The zero-order valence-electron chi connectivity index (χ0n) is 6.84. The van der Waals surface area contributed by atoms with Crippen LogP contribution in [0.2, 0.25) is 0 Å². The smallest absolute Gasteiger partial charge is 0.166 e. The van der Waals surface area contributed by atoms with E-state index in [1.165, 1.54) is 0 Å². The normalized spacial score (nSPS) is 9.31. The minimum absolute atomic E-state index is 0.247. The Morgan fingerprint density at radius 2 is 2.23 bits per heavy atom. The lowest BCUT2D eigenvalue weighted by atomic mass is 10.1. The van der Waals surface area contributed by atoms with Crippen LogP contribution in [-0.4, -0.2) is 10.9 Å². The van der Waals surface area contributed by atoms with Crippen LogP contribution in [0.1, 0.15) is 22.8 Å². The SMILES string of the molecule is CC(=O)c1c(O)ccc(C#N)c1F. The molecular formula is C9H6FNO2. The number of nitriles is 1. The first-order chi connectivity index (χ1) is 6.07. The number of phenols is 1. The highest BCUT2D eigenvalue weighted by molar-refractivity contribution is 5.97. The van der Waals surface area contributed by atoms with E-state index in [1.807, 2.05) is 0 Å². The summed E-state index contributed by atoms with van der Waals surface area (Å²) in [4.78, 5) is 10.8. The maximum absolute atomic E-state index is 13.2. The number of carbonyl (C=O) groups excluding carboxylic acids is 1. The van der Waals surface area contributed by atoms with Crippen molar-refractivity contribution >= 4 is 5.78 Å². The van der Waals surface area contributed by atoms with Gasteiger partial charge in [0.15, 0.2) is 11.6 Å². The van der Waals surface area contributed by atoms with Crippen LogP contribution in [0.4, 0.5) is 4.39 Å². The molecular weight excluding hydrogens is 173 g/mol. The van der Waals surface area contributed by atoms with Crippen molar-refractivity contribution in [2.45, 2.75) is 6.92 Å². The molecule has 0 aromatic heterocycles. The van der Waals surface area contributed by atoms with Crippen LogP contribution in [-0.2, 0) is 0 Å². The Labute approximate surface area is 74.0 Å². The van der Waals surface area contributed by atoms with Gasteiger partial charge in [-0.25, -0.2) is 4.39 Å². The second kappa shape index (κ2) is 3.23. The lowest BCUT2D eigenvalue weighted by Crippen LogP contribution is -1.99. The van der Waals surface area contributed by atoms with E-state index in [4.69, 9.17) is 10.4 Å². The van der Waals surface area contributed by atoms with E-state index in [0.29, 0.717) is 0 Å². The molecule has 0 spiro atoms. The Morgan fingerprint density at radius 1 is 1.62 bits per heavy atom. The lowest BCUT2D eigenvalue weighted by molar-refractivity contribution is 0.101. The summed E-state index contributed by atoms with van der Waals surface area (Å²) in [5, 5.41) is 17.5. The predicted molar refractivity (Wildman–Crippen MR) is 42.8 cm³/mol. The molecule has 66 valence electrons. The molecule has 0 bridgehead atoms. The summed E-state index contributed by atoms with van der Waals surface area (Å²) in [6.07, 6.45) is 0. The van der Waals surface area contributed by atoms with Crippen LogP contribution in [0.5, 0.6) is 5.75 Å². The van der Waals surface area contributed by atoms with E-state index in [2.05, 4.69) is 0 Å². The van der Waals surface area contributed by atoms with Crippen LogP contribution in [0.3, 0.4) is 0 Å². The van der Waals surface area contributed by atoms with Gasteiger partial charge in [-0.15, -0.1) is 0 Å². The van der Waals surface area contributed by atoms with Gasteiger partial charge in [0.2, 0.25) is 0 Å². The molecule has 4 heteroatoms. The number of nitrogens with zero attached hydrogens (tertiary/aromatic N) is 1. The van der Waals surface area contributed by atoms with Gasteiger partial charge in [0, 0.05) is 0 Å². The summed E-state index contributed by atoms with van der Waals surface area (Å²) in [6, 6.07) is 3.82. The summed E-state index contributed by atoms with van der Waals surface area (Å²) in [5.41, 5.74) is -0.679. The Kier molecular flexibility index (Phi) is 2.29. The highest BCUT2D eigenvalue weighted by atomic mass is 19.1. The van der Waals surface area contributed by atoms with Gasteiger partial charge in [-0.05, 0) is 19.1 Å². The number of hydrogen-bond donors (Lipinski definition) is 1. The van der Waals surface area contributed by atoms with Gasteiger partial charge < -0.3 is 5.11 Å². The molecule has 0 aliphatic heterocycles. The Balaban J connectivity index is 3.50. The molecule has 1 N–H and O–H groups in total. The molecule has 1 aromatic rings. The van der Waals surface area contributed by atoms with Crippen molar-refractivity contribution < 1.29 is 14.3 Å². The first-order valence-corrected chi connectivity index (χ1v) is 3.50. The van der Waals surface area contributed by atoms with Gasteiger partial charge in [0.25, 0.3) is 0 Å². The van der Waals surface area contributed by atoms with Crippen molar-refractivity contribution in [3.63, 3.8) is 0 Å². The molecule has 0 aliphatic rings. The third-order valence-corrected chi connectivity index (χ3v) is 1.59. The predicted octanol–water partition coefficient (Wildman–Crippen LogP) is 1.61. The first-order valence-electron chi connectivity index (χ1n) is 3.50. The summed E-state index contributed by atoms with van der Waals surface area (Å²) >= 11 is 0. The molecule has 0 aliphatic carbocycles. The maximum atomic E-state index is 13.2. The molecule has 13 heavy (non-hydrogen) atoms. The van der Waals surface area contributed by atoms with E-state index in [9.17, 15) is 9.18 Å². The van der Waals surface area contributed by atoms with Crippen molar-refractivity contribution in [3.8, 4) is 11.8 Å². The molecule has 3 nitrogen and oxygen atoms in total.